The number of hydrogen-bond acceptors (Lipinski definition) is 2. The second-order valence-corrected chi connectivity index (χ2v) is 7.54. The van der Waals surface area contributed by atoms with E-state index in [9.17, 15) is 4.21 Å². The molecule has 0 aliphatic carbocycles. The minimum Gasteiger partial charge on any atom is -0.249 e. The van der Waals surface area contributed by atoms with E-state index in [1.807, 2.05) is 18.2 Å². The molecule has 1 fully saturated rings. The van der Waals surface area contributed by atoms with E-state index in [-0.39, 0.29) is 0 Å². The molecule has 2 nitrogen and oxygen atoms in total. The highest BCUT2D eigenvalue weighted by molar-refractivity contribution is 9.11. The number of halogens is 2. The first-order valence-corrected chi connectivity index (χ1v) is 7.71. The van der Waals surface area contributed by atoms with Crippen LogP contribution in [0.1, 0.15) is 6.42 Å². The monoisotopic (exact) mass is 337 g/mol. The molecule has 5 heteroatoms. The van der Waals surface area contributed by atoms with E-state index in [1.54, 1.807) is 0 Å². The fourth-order valence-corrected chi connectivity index (χ4v) is 3.95. The standard InChI is InChI=1S/C9H9Br2NOS/c10-7-2-3-9(8(11)6-7)12-14(13)4-1-5-14/h2-3,6H,1,4-5H2. The first kappa shape index (κ1) is 10.6. The Morgan fingerprint density at radius 3 is 2.50 bits per heavy atom. The van der Waals surface area contributed by atoms with E-state index in [2.05, 4.69) is 36.2 Å². The summed E-state index contributed by atoms with van der Waals surface area (Å²) >= 11 is 6.77. The zero-order chi connectivity index (χ0) is 10.2. The van der Waals surface area contributed by atoms with Gasteiger partial charge in [-0.3, -0.25) is 0 Å². The lowest BCUT2D eigenvalue weighted by molar-refractivity contribution is 0.663. The summed E-state index contributed by atoms with van der Waals surface area (Å²) in [6.07, 6.45) is 1.04. The Hall–Kier alpha value is 0.130. The van der Waals surface area contributed by atoms with Gasteiger partial charge in [-0.05, 0) is 40.5 Å². The van der Waals surface area contributed by atoms with Gasteiger partial charge in [0.15, 0.2) is 0 Å². The molecule has 2 rings (SSSR count). The molecule has 1 aromatic carbocycles. The Kier molecular flexibility index (Phi) is 3.00. The van der Waals surface area contributed by atoms with Crippen LogP contribution >= 0.6 is 31.9 Å². The van der Waals surface area contributed by atoms with Crippen LogP contribution in [-0.4, -0.2) is 15.7 Å². The van der Waals surface area contributed by atoms with E-state index in [4.69, 9.17) is 0 Å². The number of rotatable bonds is 1. The van der Waals surface area contributed by atoms with Crippen molar-refractivity contribution in [3.8, 4) is 0 Å². The molecular weight excluding hydrogens is 330 g/mol. The van der Waals surface area contributed by atoms with Gasteiger partial charge in [-0.2, -0.15) is 4.36 Å². The van der Waals surface area contributed by atoms with Crippen molar-refractivity contribution in [1.82, 2.24) is 0 Å². The molecule has 0 aromatic heterocycles. The molecule has 0 amide bonds. The maximum absolute atomic E-state index is 11.8. The molecule has 1 aliphatic heterocycles. The SMILES string of the molecule is O=S1(=Nc2ccc(Br)cc2Br)CCC1. The van der Waals surface area contributed by atoms with Crippen LogP contribution in [0.2, 0.25) is 0 Å². The van der Waals surface area contributed by atoms with Gasteiger partial charge >= 0.3 is 0 Å². The molecule has 0 radical (unpaired) electrons. The summed E-state index contributed by atoms with van der Waals surface area (Å²) in [7, 11) is -1.90. The smallest absolute Gasteiger partial charge is 0.0872 e. The molecule has 1 heterocycles. The number of benzene rings is 1. The van der Waals surface area contributed by atoms with Crippen molar-refractivity contribution in [2.45, 2.75) is 6.42 Å². The molecule has 76 valence electrons. The maximum atomic E-state index is 11.8. The van der Waals surface area contributed by atoms with Gasteiger partial charge in [-0.25, -0.2) is 4.21 Å². The lowest BCUT2D eigenvalue weighted by Crippen LogP contribution is -2.22. The minimum atomic E-state index is -1.90. The zero-order valence-electron chi connectivity index (χ0n) is 7.37. The second-order valence-electron chi connectivity index (χ2n) is 3.22. The van der Waals surface area contributed by atoms with Crippen molar-refractivity contribution in [1.29, 1.82) is 0 Å². The van der Waals surface area contributed by atoms with Crippen molar-refractivity contribution >= 4 is 47.3 Å². The van der Waals surface area contributed by atoms with E-state index in [0.29, 0.717) is 0 Å². The molecule has 0 unspecified atom stereocenters. The quantitative estimate of drug-likeness (QED) is 0.767. The van der Waals surface area contributed by atoms with Gasteiger partial charge in [0.1, 0.15) is 0 Å². The summed E-state index contributed by atoms with van der Waals surface area (Å²) in [5, 5.41) is 0. The Balaban J connectivity index is 2.43. The molecule has 1 aromatic rings. The first-order chi connectivity index (χ1) is 6.59. The van der Waals surface area contributed by atoms with Crippen LogP contribution < -0.4 is 0 Å². The molecule has 0 spiro atoms. The van der Waals surface area contributed by atoms with Crippen LogP contribution in [0.3, 0.4) is 0 Å². The van der Waals surface area contributed by atoms with Crippen molar-refractivity contribution in [2.75, 3.05) is 11.5 Å². The normalized spacial score (nSPS) is 18.7. The van der Waals surface area contributed by atoms with E-state index < -0.39 is 9.73 Å². The minimum absolute atomic E-state index is 0.746. The molecule has 0 N–H and O–H groups in total. The summed E-state index contributed by atoms with van der Waals surface area (Å²) in [6.45, 7) is 0. The van der Waals surface area contributed by atoms with Gasteiger partial charge < -0.3 is 0 Å². The van der Waals surface area contributed by atoms with Crippen molar-refractivity contribution in [2.24, 2.45) is 4.36 Å². The highest BCUT2D eigenvalue weighted by Crippen LogP contribution is 2.31. The second kappa shape index (κ2) is 3.94. The lowest BCUT2D eigenvalue weighted by atomic mass is 10.3. The average molecular weight is 339 g/mol. The van der Waals surface area contributed by atoms with Crippen LogP contribution in [0.15, 0.2) is 31.5 Å². The van der Waals surface area contributed by atoms with Gasteiger partial charge in [-0.1, -0.05) is 15.9 Å². The van der Waals surface area contributed by atoms with Crippen LogP contribution in [0.25, 0.3) is 0 Å². The van der Waals surface area contributed by atoms with Gasteiger partial charge in [0.25, 0.3) is 0 Å². The first-order valence-electron chi connectivity index (χ1n) is 4.27. The Morgan fingerprint density at radius 2 is 2.00 bits per heavy atom. The van der Waals surface area contributed by atoms with E-state index >= 15 is 0 Å². The topological polar surface area (TPSA) is 29.4 Å². The third-order valence-electron chi connectivity index (χ3n) is 2.10. The summed E-state index contributed by atoms with van der Waals surface area (Å²) in [5.41, 5.74) is 0.790. The fraction of sp³-hybridized carbons (Fsp3) is 0.333. The van der Waals surface area contributed by atoms with Gasteiger partial charge in [0, 0.05) is 20.5 Å². The van der Waals surface area contributed by atoms with Gasteiger partial charge in [0.2, 0.25) is 0 Å². The zero-order valence-corrected chi connectivity index (χ0v) is 11.4. The molecular formula is C9H9Br2NOS. The molecule has 1 aliphatic rings. The molecule has 0 bridgehead atoms. The van der Waals surface area contributed by atoms with Gasteiger partial charge in [0.05, 0.1) is 15.4 Å². The number of hydrogen-bond donors (Lipinski definition) is 0. The molecule has 14 heavy (non-hydrogen) atoms. The van der Waals surface area contributed by atoms with Crippen LogP contribution in [-0.2, 0) is 9.73 Å². The number of nitrogens with zero attached hydrogens (tertiary/aromatic N) is 1. The molecule has 1 saturated heterocycles. The summed E-state index contributed by atoms with van der Waals surface area (Å²) in [5.74, 6) is 1.49. The largest absolute Gasteiger partial charge is 0.249 e. The van der Waals surface area contributed by atoms with Crippen molar-refractivity contribution in [3.05, 3.63) is 27.1 Å². The Bertz CT molecular complexity index is 468. The Morgan fingerprint density at radius 1 is 1.29 bits per heavy atom. The lowest BCUT2D eigenvalue weighted by Gasteiger charge is -2.18. The van der Waals surface area contributed by atoms with Crippen LogP contribution in [0, 0.1) is 0 Å². The fourth-order valence-electron chi connectivity index (χ4n) is 1.22. The highest BCUT2D eigenvalue weighted by atomic mass is 79.9. The maximum Gasteiger partial charge on any atom is 0.0872 e. The summed E-state index contributed by atoms with van der Waals surface area (Å²) in [4.78, 5) is 0. The van der Waals surface area contributed by atoms with E-state index in [0.717, 1.165) is 32.6 Å². The predicted molar refractivity (Wildman–Crippen MR) is 66.4 cm³/mol. The molecule has 0 saturated carbocycles. The van der Waals surface area contributed by atoms with Crippen molar-refractivity contribution < 1.29 is 4.21 Å². The average Bonchev–Trinajstić information content (AvgIpc) is 2.07. The van der Waals surface area contributed by atoms with Crippen LogP contribution in [0.5, 0.6) is 0 Å². The van der Waals surface area contributed by atoms with Gasteiger partial charge in [-0.15, -0.1) is 0 Å². The third kappa shape index (κ3) is 2.20. The highest BCUT2D eigenvalue weighted by Gasteiger charge is 2.19. The van der Waals surface area contributed by atoms with Crippen molar-refractivity contribution in [3.63, 3.8) is 0 Å². The Labute approximate surface area is 101 Å². The molecule has 0 atom stereocenters. The summed E-state index contributed by atoms with van der Waals surface area (Å²) in [6, 6.07) is 5.70. The van der Waals surface area contributed by atoms with E-state index in [1.165, 1.54) is 0 Å². The predicted octanol–water partition coefficient (Wildman–Crippen LogP) is 3.71. The van der Waals surface area contributed by atoms with Crippen LogP contribution in [0.4, 0.5) is 5.69 Å². The summed E-state index contributed by atoms with van der Waals surface area (Å²) < 4.78 is 18.0. The third-order valence-corrected chi connectivity index (χ3v) is 5.61.